The van der Waals surface area contributed by atoms with Gasteiger partial charge in [0.1, 0.15) is 0 Å². The molecular formula is C6H18N2. The number of nitrogens with zero attached hydrogens (tertiary/aromatic N) is 1. The van der Waals surface area contributed by atoms with Gasteiger partial charge in [-0.1, -0.05) is 20.3 Å². The summed E-state index contributed by atoms with van der Waals surface area (Å²) in [5.74, 6) is 0. The summed E-state index contributed by atoms with van der Waals surface area (Å²) in [4.78, 5) is 1.90. The predicted molar refractivity (Wildman–Crippen MR) is 38.7 cm³/mol. The van der Waals surface area contributed by atoms with Crippen molar-refractivity contribution >= 4 is 0 Å². The van der Waals surface area contributed by atoms with Crippen molar-refractivity contribution in [3.63, 3.8) is 0 Å². The standard InChI is InChI=1S/C3H10N2.C3H8/c1-5(2)3-4;1-3-2/h3-4H2,1-2H3;3H2,1-2H3. The van der Waals surface area contributed by atoms with Crippen molar-refractivity contribution in [2.45, 2.75) is 20.3 Å². The molecule has 0 aromatic rings. The molecule has 0 aromatic heterocycles. The second-order valence-electron chi connectivity index (χ2n) is 1.97. The SMILES string of the molecule is CCC.CN(C)CN. The van der Waals surface area contributed by atoms with E-state index in [-0.39, 0.29) is 0 Å². The Hall–Kier alpha value is -0.0800. The van der Waals surface area contributed by atoms with Gasteiger partial charge in [-0.25, -0.2) is 0 Å². The van der Waals surface area contributed by atoms with Crippen molar-refractivity contribution in [2.75, 3.05) is 20.8 Å². The van der Waals surface area contributed by atoms with Crippen molar-refractivity contribution in [1.82, 2.24) is 4.90 Å². The van der Waals surface area contributed by atoms with E-state index in [0.29, 0.717) is 6.67 Å². The molecule has 0 radical (unpaired) electrons. The average Bonchev–Trinajstić information content (AvgIpc) is 1.69. The first-order chi connectivity index (χ1) is 3.68. The topological polar surface area (TPSA) is 29.3 Å². The Bertz CT molecular complexity index is 27.7. The first-order valence-corrected chi connectivity index (χ1v) is 3.03. The molecule has 0 fully saturated rings. The minimum Gasteiger partial charge on any atom is -0.318 e. The fraction of sp³-hybridized carbons (Fsp3) is 1.00. The Morgan fingerprint density at radius 1 is 1.25 bits per heavy atom. The molecule has 8 heavy (non-hydrogen) atoms. The van der Waals surface area contributed by atoms with E-state index < -0.39 is 0 Å². The van der Waals surface area contributed by atoms with E-state index in [9.17, 15) is 0 Å². The second kappa shape index (κ2) is 10.0. The van der Waals surface area contributed by atoms with Crippen LogP contribution in [0.2, 0.25) is 0 Å². The molecule has 0 aromatic carbocycles. The van der Waals surface area contributed by atoms with Crippen LogP contribution in [0.3, 0.4) is 0 Å². The van der Waals surface area contributed by atoms with Crippen molar-refractivity contribution in [3.05, 3.63) is 0 Å². The highest BCUT2D eigenvalue weighted by Crippen LogP contribution is 1.56. The van der Waals surface area contributed by atoms with Gasteiger partial charge in [0.05, 0.1) is 0 Å². The molecule has 2 nitrogen and oxygen atoms in total. The van der Waals surface area contributed by atoms with Gasteiger partial charge in [-0.2, -0.15) is 0 Å². The summed E-state index contributed by atoms with van der Waals surface area (Å²) in [6.07, 6.45) is 1.25. The molecule has 0 saturated carbocycles. The van der Waals surface area contributed by atoms with Crippen molar-refractivity contribution in [3.8, 4) is 0 Å². The van der Waals surface area contributed by atoms with Crippen LogP contribution >= 0.6 is 0 Å². The summed E-state index contributed by atoms with van der Waals surface area (Å²) in [5, 5.41) is 0. The van der Waals surface area contributed by atoms with Gasteiger partial charge in [0.25, 0.3) is 0 Å². The smallest absolute Gasteiger partial charge is 0.0449 e. The van der Waals surface area contributed by atoms with Crippen LogP contribution in [0.25, 0.3) is 0 Å². The summed E-state index contributed by atoms with van der Waals surface area (Å²) in [6.45, 7) is 4.89. The molecule has 0 rings (SSSR count). The lowest BCUT2D eigenvalue weighted by molar-refractivity contribution is 0.423. The summed E-state index contributed by atoms with van der Waals surface area (Å²) in [5.41, 5.74) is 5.10. The van der Waals surface area contributed by atoms with Crippen LogP contribution in [0.1, 0.15) is 20.3 Å². The molecule has 0 spiro atoms. The Morgan fingerprint density at radius 2 is 1.38 bits per heavy atom. The second-order valence-corrected chi connectivity index (χ2v) is 1.97. The highest BCUT2D eigenvalue weighted by Gasteiger charge is 1.71. The third-order valence-electron chi connectivity index (χ3n) is 0.365. The summed E-state index contributed by atoms with van der Waals surface area (Å²) < 4.78 is 0. The molecule has 0 amide bonds. The van der Waals surface area contributed by atoms with E-state index in [1.165, 1.54) is 6.42 Å². The predicted octanol–water partition coefficient (Wildman–Crippen LogP) is 0.881. The lowest BCUT2D eigenvalue weighted by Gasteiger charge is -2.00. The molecule has 0 unspecified atom stereocenters. The average molecular weight is 118 g/mol. The minimum absolute atomic E-state index is 0.639. The molecule has 0 aliphatic heterocycles. The molecule has 2 N–H and O–H groups in total. The highest BCUT2D eigenvalue weighted by molar-refractivity contribution is 4.23. The number of hydrogen-bond acceptors (Lipinski definition) is 2. The van der Waals surface area contributed by atoms with E-state index >= 15 is 0 Å². The van der Waals surface area contributed by atoms with Gasteiger partial charge in [-0.3, -0.25) is 4.90 Å². The minimum atomic E-state index is 0.639. The van der Waals surface area contributed by atoms with Crippen LogP contribution in [0.4, 0.5) is 0 Å². The zero-order valence-electron chi connectivity index (χ0n) is 6.44. The van der Waals surface area contributed by atoms with Gasteiger partial charge in [0.15, 0.2) is 0 Å². The van der Waals surface area contributed by atoms with E-state index in [1.807, 2.05) is 19.0 Å². The highest BCUT2D eigenvalue weighted by atomic mass is 15.1. The lowest BCUT2D eigenvalue weighted by atomic mass is 10.6. The maximum absolute atomic E-state index is 5.10. The van der Waals surface area contributed by atoms with Crippen molar-refractivity contribution in [2.24, 2.45) is 5.73 Å². The first-order valence-electron chi connectivity index (χ1n) is 3.03. The van der Waals surface area contributed by atoms with Crippen LogP contribution < -0.4 is 5.73 Å². The third kappa shape index (κ3) is 38.9. The molecular weight excluding hydrogens is 100 g/mol. The third-order valence-corrected chi connectivity index (χ3v) is 0.365. The quantitative estimate of drug-likeness (QED) is 0.518. The van der Waals surface area contributed by atoms with Gasteiger partial charge in [-0.05, 0) is 14.1 Å². The van der Waals surface area contributed by atoms with Gasteiger partial charge in [-0.15, -0.1) is 0 Å². The van der Waals surface area contributed by atoms with Gasteiger partial charge in [0, 0.05) is 6.67 Å². The Kier molecular flexibility index (Phi) is 13.6. The number of hydrogen-bond donors (Lipinski definition) is 1. The first kappa shape index (κ1) is 10.8. The Morgan fingerprint density at radius 3 is 1.38 bits per heavy atom. The summed E-state index contributed by atoms with van der Waals surface area (Å²) in [7, 11) is 3.86. The molecule has 0 aliphatic carbocycles. The van der Waals surface area contributed by atoms with Crippen LogP contribution in [0.5, 0.6) is 0 Å². The molecule has 0 saturated heterocycles. The van der Waals surface area contributed by atoms with Crippen LogP contribution in [-0.4, -0.2) is 25.7 Å². The van der Waals surface area contributed by atoms with E-state index in [2.05, 4.69) is 13.8 Å². The molecule has 0 aliphatic rings. The van der Waals surface area contributed by atoms with E-state index in [4.69, 9.17) is 5.73 Å². The molecule has 0 atom stereocenters. The fourth-order valence-electron chi connectivity index (χ4n) is 0. The van der Waals surface area contributed by atoms with Crippen LogP contribution in [-0.2, 0) is 0 Å². The van der Waals surface area contributed by atoms with Crippen LogP contribution in [0.15, 0.2) is 0 Å². The fourth-order valence-corrected chi connectivity index (χ4v) is 0. The van der Waals surface area contributed by atoms with Gasteiger partial charge < -0.3 is 5.73 Å². The zero-order valence-corrected chi connectivity index (χ0v) is 6.44. The summed E-state index contributed by atoms with van der Waals surface area (Å²) >= 11 is 0. The summed E-state index contributed by atoms with van der Waals surface area (Å²) in [6, 6.07) is 0. The normalized spacial score (nSPS) is 8.25. The largest absolute Gasteiger partial charge is 0.318 e. The van der Waals surface area contributed by atoms with Crippen molar-refractivity contribution < 1.29 is 0 Å². The van der Waals surface area contributed by atoms with Crippen molar-refractivity contribution in [1.29, 1.82) is 0 Å². The lowest BCUT2D eigenvalue weighted by Crippen LogP contribution is -2.20. The molecule has 2 heteroatoms. The number of nitrogens with two attached hydrogens (primary N) is 1. The van der Waals surface area contributed by atoms with E-state index in [0.717, 1.165) is 0 Å². The molecule has 52 valence electrons. The Balaban J connectivity index is 0. The number of rotatable bonds is 1. The maximum atomic E-state index is 5.10. The van der Waals surface area contributed by atoms with E-state index in [1.54, 1.807) is 0 Å². The monoisotopic (exact) mass is 118 g/mol. The van der Waals surface area contributed by atoms with Gasteiger partial charge >= 0.3 is 0 Å². The molecule has 0 heterocycles. The molecule has 0 bridgehead atoms. The van der Waals surface area contributed by atoms with Crippen LogP contribution in [0, 0.1) is 0 Å². The van der Waals surface area contributed by atoms with Gasteiger partial charge in [0.2, 0.25) is 0 Å². The zero-order chi connectivity index (χ0) is 6.99. The Labute approximate surface area is 52.7 Å². The maximum Gasteiger partial charge on any atom is 0.0449 e.